The van der Waals surface area contributed by atoms with Crippen LogP contribution in [0, 0.1) is 6.92 Å². The molecule has 1 aromatic carbocycles. The van der Waals surface area contributed by atoms with Gasteiger partial charge < -0.3 is 5.32 Å². The molecule has 4 heteroatoms. The van der Waals surface area contributed by atoms with Crippen LogP contribution < -0.4 is 5.32 Å². The second kappa shape index (κ2) is 7.54. The number of thiazole rings is 1. The Labute approximate surface area is 136 Å². The zero-order chi connectivity index (χ0) is 16.0. The van der Waals surface area contributed by atoms with Crippen LogP contribution in [-0.4, -0.2) is 17.4 Å². The van der Waals surface area contributed by atoms with E-state index in [0.717, 1.165) is 18.5 Å². The number of carbonyl (C=O) groups excluding carboxylic acids is 1. The maximum atomic E-state index is 12.0. The highest BCUT2D eigenvalue weighted by Gasteiger charge is 2.21. The Morgan fingerprint density at radius 1 is 1.27 bits per heavy atom. The highest BCUT2D eigenvalue weighted by molar-refractivity contribution is 7.07. The lowest BCUT2D eigenvalue weighted by Gasteiger charge is -2.25. The van der Waals surface area contributed by atoms with Gasteiger partial charge in [0.05, 0.1) is 11.2 Å². The second-order valence-corrected chi connectivity index (χ2v) is 7.05. The van der Waals surface area contributed by atoms with Gasteiger partial charge in [-0.25, -0.2) is 4.98 Å². The number of hydrogen-bond donors (Lipinski definition) is 1. The third-order valence-corrected chi connectivity index (χ3v) is 4.63. The molecule has 0 unspecified atom stereocenters. The summed E-state index contributed by atoms with van der Waals surface area (Å²) in [6, 6.07) is 8.58. The highest BCUT2D eigenvalue weighted by atomic mass is 32.1. The molecular formula is C18H24N2OS. The highest BCUT2D eigenvalue weighted by Crippen LogP contribution is 2.28. The molecule has 22 heavy (non-hydrogen) atoms. The lowest BCUT2D eigenvalue weighted by atomic mass is 9.80. The van der Waals surface area contributed by atoms with Gasteiger partial charge in [0.25, 0.3) is 0 Å². The Balaban J connectivity index is 1.76. The van der Waals surface area contributed by atoms with Crippen molar-refractivity contribution in [1.29, 1.82) is 0 Å². The molecule has 1 aromatic heterocycles. The van der Waals surface area contributed by atoms with Crippen molar-refractivity contribution in [2.75, 3.05) is 6.54 Å². The summed E-state index contributed by atoms with van der Waals surface area (Å²) in [4.78, 5) is 16.2. The number of nitrogens with one attached hydrogen (secondary N) is 1. The molecular weight excluding hydrogens is 292 g/mol. The van der Waals surface area contributed by atoms with E-state index in [1.165, 1.54) is 11.1 Å². The average Bonchev–Trinajstić information content (AvgIpc) is 2.99. The number of aryl methyl sites for hydroxylation is 1. The molecule has 0 radical (unpaired) electrons. The van der Waals surface area contributed by atoms with Gasteiger partial charge in [-0.1, -0.05) is 43.7 Å². The zero-order valence-corrected chi connectivity index (χ0v) is 14.4. The first kappa shape index (κ1) is 16.7. The summed E-state index contributed by atoms with van der Waals surface area (Å²) in [7, 11) is 0. The lowest BCUT2D eigenvalue weighted by Crippen LogP contribution is -2.28. The molecule has 0 bridgehead atoms. The predicted molar refractivity (Wildman–Crippen MR) is 92.3 cm³/mol. The Morgan fingerprint density at radius 2 is 2.00 bits per heavy atom. The molecule has 0 aliphatic rings. The van der Waals surface area contributed by atoms with Crippen LogP contribution in [0.2, 0.25) is 0 Å². The third-order valence-electron chi connectivity index (χ3n) is 4.00. The van der Waals surface area contributed by atoms with Gasteiger partial charge in [0.15, 0.2) is 0 Å². The van der Waals surface area contributed by atoms with Crippen molar-refractivity contribution < 1.29 is 4.79 Å². The molecule has 2 aromatic rings. The van der Waals surface area contributed by atoms with Gasteiger partial charge in [-0.2, -0.15) is 0 Å². The van der Waals surface area contributed by atoms with E-state index in [1.54, 1.807) is 11.3 Å². The molecule has 1 amide bonds. The van der Waals surface area contributed by atoms with E-state index in [1.807, 2.05) is 10.9 Å². The minimum atomic E-state index is 0.0138. The van der Waals surface area contributed by atoms with Gasteiger partial charge in [-0.05, 0) is 24.3 Å². The van der Waals surface area contributed by atoms with Crippen molar-refractivity contribution in [2.24, 2.45) is 0 Å². The summed E-state index contributed by atoms with van der Waals surface area (Å²) in [5.74, 6) is 0.121. The number of amides is 1. The van der Waals surface area contributed by atoms with Crippen LogP contribution >= 0.6 is 11.3 Å². The number of carbonyl (C=O) groups is 1. The molecule has 0 atom stereocenters. The summed E-state index contributed by atoms with van der Waals surface area (Å²) in [6.07, 6.45) is 2.20. The minimum absolute atomic E-state index is 0.0138. The van der Waals surface area contributed by atoms with Gasteiger partial charge in [0.2, 0.25) is 5.91 Å². The van der Waals surface area contributed by atoms with Crippen LogP contribution in [0.5, 0.6) is 0 Å². The van der Waals surface area contributed by atoms with Crippen LogP contribution in [-0.2, 0) is 16.6 Å². The second-order valence-electron chi connectivity index (χ2n) is 6.33. The van der Waals surface area contributed by atoms with Crippen LogP contribution in [0.4, 0.5) is 0 Å². The van der Waals surface area contributed by atoms with Crippen molar-refractivity contribution in [1.82, 2.24) is 10.3 Å². The van der Waals surface area contributed by atoms with E-state index in [2.05, 4.69) is 55.3 Å². The lowest BCUT2D eigenvalue weighted by molar-refractivity contribution is -0.121. The van der Waals surface area contributed by atoms with Gasteiger partial charge in [-0.3, -0.25) is 4.79 Å². The Hall–Kier alpha value is -1.68. The van der Waals surface area contributed by atoms with E-state index in [9.17, 15) is 4.79 Å². The maximum absolute atomic E-state index is 12.0. The van der Waals surface area contributed by atoms with Crippen molar-refractivity contribution in [3.63, 3.8) is 0 Å². The van der Waals surface area contributed by atoms with Crippen LogP contribution in [0.1, 0.15) is 43.5 Å². The van der Waals surface area contributed by atoms with E-state index < -0.39 is 0 Å². The quantitative estimate of drug-likeness (QED) is 0.842. The molecule has 0 saturated heterocycles. The van der Waals surface area contributed by atoms with Gasteiger partial charge in [0.1, 0.15) is 0 Å². The van der Waals surface area contributed by atoms with Gasteiger partial charge >= 0.3 is 0 Å². The normalized spacial score (nSPS) is 11.4. The topological polar surface area (TPSA) is 42.0 Å². The molecule has 3 nitrogen and oxygen atoms in total. The predicted octanol–water partition coefficient (Wildman–Crippen LogP) is 3.87. The number of aromatic nitrogens is 1. The molecule has 0 spiro atoms. The summed E-state index contributed by atoms with van der Waals surface area (Å²) in [6.45, 7) is 7.14. The summed E-state index contributed by atoms with van der Waals surface area (Å²) < 4.78 is 0. The number of rotatable bonds is 7. The van der Waals surface area contributed by atoms with Crippen molar-refractivity contribution in [3.05, 3.63) is 52.0 Å². The molecule has 0 aliphatic carbocycles. The maximum Gasteiger partial charge on any atom is 0.220 e. The zero-order valence-electron chi connectivity index (χ0n) is 13.6. The van der Waals surface area contributed by atoms with E-state index in [4.69, 9.17) is 0 Å². The van der Waals surface area contributed by atoms with Gasteiger partial charge in [-0.15, -0.1) is 11.3 Å². The first-order valence-electron chi connectivity index (χ1n) is 7.68. The minimum Gasteiger partial charge on any atom is -0.356 e. The Morgan fingerprint density at radius 3 is 2.64 bits per heavy atom. The first-order valence-corrected chi connectivity index (χ1v) is 8.62. The largest absolute Gasteiger partial charge is 0.356 e. The Bertz CT molecular complexity index is 588. The van der Waals surface area contributed by atoms with Gasteiger partial charge in [0, 0.05) is 24.8 Å². The molecule has 0 aliphatic heterocycles. The molecule has 2 rings (SSSR count). The SMILES string of the molecule is Cc1ccc(C(C)(C)CCC(=O)NCCc2cscn2)cc1. The molecule has 118 valence electrons. The number of nitrogens with zero attached hydrogens (tertiary/aromatic N) is 1. The third kappa shape index (κ3) is 4.95. The van der Waals surface area contributed by atoms with Crippen LogP contribution in [0.3, 0.4) is 0 Å². The fourth-order valence-electron chi connectivity index (χ4n) is 2.35. The van der Waals surface area contributed by atoms with E-state index in [-0.39, 0.29) is 11.3 Å². The molecule has 0 fully saturated rings. The monoisotopic (exact) mass is 316 g/mol. The summed E-state index contributed by atoms with van der Waals surface area (Å²) >= 11 is 1.59. The number of hydrogen-bond acceptors (Lipinski definition) is 3. The van der Waals surface area contributed by atoms with Crippen LogP contribution in [0.15, 0.2) is 35.2 Å². The standard InChI is InChI=1S/C18H24N2OS/c1-14-4-6-15(7-5-14)18(2,3)10-8-17(21)19-11-9-16-12-22-13-20-16/h4-7,12-13H,8-11H2,1-3H3,(H,19,21). The van der Waals surface area contributed by atoms with Crippen molar-refractivity contribution >= 4 is 17.2 Å². The van der Waals surface area contributed by atoms with E-state index in [0.29, 0.717) is 13.0 Å². The average molecular weight is 316 g/mol. The van der Waals surface area contributed by atoms with Crippen molar-refractivity contribution in [2.45, 2.75) is 45.4 Å². The smallest absolute Gasteiger partial charge is 0.220 e. The molecule has 1 heterocycles. The first-order chi connectivity index (χ1) is 10.5. The van der Waals surface area contributed by atoms with Crippen molar-refractivity contribution in [3.8, 4) is 0 Å². The molecule has 0 saturated carbocycles. The van der Waals surface area contributed by atoms with E-state index >= 15 is 0 Å². The number of benzene rings is 1. The fraction of sp³-hybridized carbons (Fsp3) is 0.444. The summed E-state index contributed by atoms with van der Waals surface area (Å²) in [5, 5.41) is 5.00. The summed E-state index contributed by atoms with van der Waals surface area (Å²) in [5.41, 5.74) is 5.43. The molecule has 1 N–H and O–H groups in total. The fourth-order valence-corrected chi connectivity index (χ4v) is 2.95. The Kier molecular flexibility index (Phi) is 5.72. The van der Waals surface area contributed by atoms with Crippen LogP contribution in [0.25, 0.3) is 0 Å².